The molecule has 112 valence electrons. The summed E-state index contributed by atoms with van der Waals surface area (Å²) in [7, 11) is 1.68. The van der Waals surface area contributed by atoms with Crippen LogP contribution in [-0.2, 0) is 5.60 Å². The molecule has 0 radical (unpaired) electrons. The van der Waals surface area contributed by atoms with Crippen LogP contribution in [0.3, 0.4) is 0 Å². The van der Waals surface area contributed by atoms with E-state index >= 15 is 0 Å². The fourth-order valence-corrected chi connectivity index (χ4v) is 3.93. The lowest BCUT2D eigenvalue weighted by molar-refractivity contribution is -0.0870. The summed E-state index contributed by atoms with van der Waals surface area (Å²) in [6.07, 6.45) is 3.20. The topological polar surface area (TPSA) is 29.5 Å². The van der Waals surface area contributed by atoms with E-state index in [-0.39, 0.29) is 0 Å². The van der Waals surface area contributed by atoms with E-state index in [9.17, 15) is 5.11 Å². The Morgan fingerprint density at radius 3 is 2.55 bits per heavy atom. The van der Waals surface area contributed by atoms with Gasteiger partial charge in [-0.1, -0.05) is 33.3 Å². The average Bonchev–Trinajstić information content (AvgIpc) is 2.37. The van der Waals surface area contributed by atoms with Gasteiger partial charge in [0.05, 0.1) is 12.7 Å². The molecule has 1 aromatic rings. The van der Waals surface area contributed by atoms with Crippen LogP contribution in [0.25, 0.3) is 0 Å². The number of hydrogen-bond donors (Lipinski definition) is 1. The molecular weight excluding hydrogens is 248 g/mol. The van der Waals surface area contributed by atoms with Crippen molar-refractivity contribution in [2.24, 2.45) is 17.8 Å². The smallest absolute Gasteiger partial charge is 0.119 e. The van der Waals surface area contributed by atoms with Crippen molar-refractivity contribution in [3.8, 4) is 5.75 Å². The van der Waals surface area contributed by atoms with E-state index in [2.05, 4.69) is 33.8 Å². The first-order chi connectivity index (χ1) is 9.38. The number of aryl methyl sites for hydroxylation is 1. The van der Waals surface area contributed by atoms with Crippen LogP contribution in [0.15, 0.2) is 18.2 Å². The van der Waals surface area contributed by atoms with E-state index in [4.69, 9.17) is 4.74 Å². The minimum absolute atomic E-state index is 0.339. The van der Waals surface area contributed by atoms with Crippen LogP contribution < -0.4 is 4.74 Å². The molecule has 0 saturated heterocycles. The zero-order valence-corrected chi connectivity index (χ0v) is 13.4. The molecule has 0 heterocycles. The van der Waals surface area contributed by atoms with E-state index in [1.165, 1.54) is 6.42 Å². The molecular formula is C18H28O2. The monoisotopic (exact) mass is 276 g/mol. The molecule has 2 rings (SSSR count). The minimum atomic E-state index is -0.692. The summed E-state index contributed by atoms with van der Waals surface area (Å²) in [6.45, 7) is 8.78. The molecule has 1 N–H and O–H groups in total. The summed E-state index contributed by atoms with van der Waals surface area (Å²) in [5.74, 6) is 2.27. The molecule has 0 bridgehead atoms. The van der Waals surface area contributed by atoms with E-state index in [0.29, 0.717) is 17.8 Å². The Labute approximate surface area is 123 Å². The summed E-state index contributed by atoms with van der Waals surface area (Å²) in [5, 5.41) is 11.4. The molecule has 0 spiro atoms. The number of ether oxygens (including phenoxy) is 1. The number of benzene rings is 1. The van der Waals surface area contributed by atoms with Gasteiger partial charge in [0.1, 0.15) is 5.75 Å². The lowest BCUT2D eigenvalue weighted by Gasteiger charge is -2.45. The van der Waals surface area contributed by atoms with Crippen molar-refractivity contribution in [1.82, 2.24) is 0 Å². The third-order valence-corrected chi connectivity index (χ3v) is 4.95. The zero-order chi connectivity index (χ0) is 14.9. The van der Waals surface area contributed by atoms with Crippen LogP contribution in [0.1, 0.15) is 51.2 Å². The minimum Gasteiger partial charge on any atom is -0.497 e. The van der Waals surface area contributed by atoms with Crippen LogP contribution >= 0.6 is 0 Å². The molecule has 20 heavy (non-hydrogen) atoms. The third-order valence-electron chi connectivity index (χ3n) is 4.95. The first-order valence-electron chi connectivity index (χ1n) is 7.76. The summed E-state index contributed by atoms with van der Waals surface area (Å²) in [5.41, 5.74) is 1.53. The molecule has 1 aromatic carbocycles. The highest BCUT2D eigenvalue weighted by atomic mass is 16.5. The number of rotatable bonds is 3. The SMILES string of the molecule is COc1ccc(C2(O)CC(C)CCC2C(C)C)c(C)c1. The standard InChI is InChI=1S/C18H28O2/c1-12(2)16-8-6-13(3)11-18(16,19)17-9-7-15(20-5)10-14(17)4/h7,9-10,12-13,16,19H,6,8,11H2,1-5H3. The maximum Gasteiger partial charge on any atom is 0.119 e. The second-order valence-electron chi connectivity index (χ2n) is 6.84. The molecule has 1 aliphatic carbocycles. The average molecular weight is 276 g/mol. The summed E-state index contributed by atoms with van der Waals surface area (Å²) < 4.78 is 5.28. The van der Waals surface area contributed by atoms with E-state index in [1.54, 1.807) is 7.11 Å². The van der Waals surface area contributed by atoms with Crippen molar-refractivity contribution >= 4 is 0 Å². The lowest BCUT2D eigenvalue weighted by atomic mass is 9.63. The highest BCUT2D eigenvalue weighted by Crippen LogP contribution is 2.48. The van der Waals surface area contributed by atoms with Gasteiger partial charge in [0.25, 0.3) is 0 Å². The number of hydrogen-bond acceptors (Lipinski definition) is 2. The van der Waals surface area contributed by atoms with E-state index in [1.807, 2.05) is 12.1 Å². The van der Waals surface area contributed by atoms with Crippen molar-refractivity contribution in [2.75, 3.05) is 7.11 Å². The van der Waals surface area contributed by atoms with Crippen LogP contribution in [0.4, 0.5) is 0 Å². The van der Waals surface area contributed by atoms with Crippen molar-refractivity contribution < 1.29 is 9.84 Å². The molecule has 3 unspecified atom stereocenters. The first-order valence-corrected chi connectivity index (χ1v) is 7.76. The Kier molecular flexibility index (Phi) is 4.43. The Morgan fingerprint density at radius 1 is 1.30 bits per heavy atom. The van der Waals surface area contributed by atoms with E-state index < -0.39 is 5.60 Å². The van der Waals surface area contributed by atoms with Crippen molar-refractivity contribution in [2.45, 2.75) is 52.6 Å². The van der Waals surface area contributed by atoms with Gasteiger partial charge in [-0.15, -0.1) is 0 Å². The number of methoxy groups -OCH3 is 1. The summed E-state index contributed by atoms with van der Waals surface area (Å²) in [6, 6.07) is 6.06. The highest BCUT2D eigenvalue weighted by Gasteiger charge is 2.44. The molecule has 0 aliphatic heterocycles. The Bertz CT molecular complexity index is 466. The van der Waals surface area contributed by atoms with Crippen LogP contribution in [0.2, 0.25) is 0 Å². The predicted octanol–water partition coefficient (Wildman–Crippen LogP) is 4.28. The van der Waals surface area contributed by atoms with Crippen LogP contribution in [0, 0.1) is 24.7 Å². The summed E-state index contributed by atoms with van der Waals surface area (Å²) in [4.78, 5) is 0. The Hall–Kier alpha value is -1.02. The fraction of sp³-hybridized carbons (Fsp3) is 0.667. The first kappa shape index (κ1) is 15.4. The number of aliphatic hydroxyl groups is 1. The maximum atomic E-state index is 11.4. The van der Waals surface area contributed by atoms with Gasteiger partial charge in [0, 0.05) is 0 Å². The van der Waals surface area contributed by atoms with Gasteiger partial charge in [0.15, 0.2) is 0 Å². The second kappa shape index (κ2) is 5.77. The maximum absolute atomic E-state index is 11.4. The molecule has 3 atom stereocenters. The molecule has 1 fully saturated rings. The largest absolute Gasteiger partial charge is 0.497 e. The van der Waals surface area contributed by atoms with Crippen LogP contribution in [0.5, 0.6) is 5.75 Å². The van der Waals surface area contributed by atoms with Gasteiger partial charge in [0.2, 0.25) is 0 Å². The Morgan fingerprint density at radius 2 is 2.00 bits per heavy atom. The zero-order valence-electron chi connectivity index (χ0n) is 13.4. The molecule has 0 aromatic heterocycles. The van der Waals surface area contributed by atoms with Crippen molar-refractivity contribution in [1.29, 1.82) is 0 Å². The lowest BCUT2D eigenvalue weighted by Crippen LogP contribution is -2.43. The summed E-state index contributed by atoms with van der Waals surface area (Å²) >= 11 is 0. The molecule has 2 nitrogen and oxygen atoms in total. The van der Waals surface area contributed by atoms with Gasteiger partial charge < -0.3 is 9.84 Å². The van der Waals surface area contributed by atoms with Crippen molar-refractivity contribution in [3.05, 3.63) is 29.3 Å². The molecule has 1 saturated carbocycles. The Balaban J connectivity index is 2.44. The molecule has 1 aliphatic rings. The van der Waals surface area contributed by atoms with Gasteiger partial charge in [-0.3, -0.25) is 0 Å². The van der Waals surface area contributed by atoms with Gasteiger partial charge in [-0.2, -0.15) is 0 Å². The fourth-order valence-electron chi connectivity index (χ4n) is 3.93. The van der Waals surface area contributed by atoms with Gasteiger partial charge in [-0.05, 0) is 60.8 Å². The van der Waals surface area contributed by atoms with Crippen molar-refractivity contribution in [3.63, 3.8) is 0 Å². The van der Waals surface area contributed by atoms with E-state index in [0.717, 1.165) is 29.7 Å². The normalized spacial score (nSPS) is 30.6. The van der Waals surface area contributed by atoms with Gasteiger partial charge >= 0.3 is 0 Å². The quantitative estimate of drug-likeness (QED) is 0.892. The predicted molar refractivity (Wildman–Crippen MR) is 83.0 cm³/mol. The highest BCUT2D eigenvalue weighted by molar-refractivity contribution is 5.39. The molecule has 0 amide bonds. The van der Waals surface area contributed by atoms with Gasteiger partial charge in [-0.25, -0.2) is 0 Å². The second-order valence-corrected chi connectivity index (χ2v) is 6.84. The molecule has 2 heteroatoms. The third kappa shape index (κ3) is 2.71. The van der Waals surface area contributed by atoms with Crippen LogP contribution in [-0.4, -0.2) is 12.2 Å².